The summed E-state index contributed by atoms with van der Waals surface area (Å²) >= 11 is 0. The maximum atomic E-state index is 13.0. The second-order valence-corrected chi connectivity index (χ2v) is 8.11. The second-order valence-electron chi connectivity index (χ2n) is 6.58. The highest BCUT2D eigenvalue weighted by molar-refractivity contribution is 7.85. The zero-order valence-corrected chi connectivity index (χ0v) is 16.4. The molecule has 0 aliphatic carbocycles. The van der Waals surface area contributed by atoms with Gasteiger partial charge in [-0.05, 0) is 35.7 Å². The molecule has 29 heavy (non-hydrogen) atoms. The Hall–Kier alpha value is -3.38. The third-order valence-electron chi connectivity index (χ3n) is 4.74. The van der Waals surface area contributed by atoms with E-state index in [1.807, 2.05) is 72.8 Å². The first-order valence-electron chi connectivity index (χ1n) is 9.26. The molecule has 0 radical (unpaired) electrons. The highest BCUT2D eigenvalue weighted by atomic mass is 32.2. The Labute approximate surface area is 170 Å². The second kappa shape index (κ2) is 8.32. The zero-order valence-electron chi connectivity index (χ0n) is 15.6. The number of aromatic amines is 1. The molecule has 1 atom stereocenters. The van der Waals surface area contributed by atoms with E-state index < -0.39 is 10.8 Å². The van der Waals surface area contributed by atoms with Crippen molar-refractivity contribution in [3.63, 3.8) is 0 Å². The van der Waals surface area contributed by atoms with Crippen LogP contribution in [0.2, 0.25) is 0 Å². The van der Waals surface area contributed by atoms with E-state index in [2.05, 4.69) is 5.10 Å². The van der Waals surface area contributed by atoms with Crippen molar-refractivity contribution in [2.45, 2.75) is 11.3 Å². The summed E-state index contributed by atoms with van der Waals surface area (Å²) in [7, 11) is -1.32. The molecule has 0 spiro atoms. The van der Waals surface area contributed by atoms with Gasteiger partial charge in [0, 0.05) is 10.6 Å². The minimum Gasteiger partial charge on any atom is -0.493 e. The first kappa shape index (κ1) is 19.0. The van der Waals surface area contributed by atoms with Crippen LogP contribution < -0.4 is 5.56 Å². The molecule has 6 heteroatoms. The van der Waals surface area contributed by atoms with Gasteiger partial charge in [-0.1, -0.05) is 66.7 Å². The maximum Gasteiger partial charge on any atom is 0.271 e. The fourth-order valence-electron chi connectivity index (χ4n) is 3.27. The molecule has 0 saturated carbocycles. The van der Waals surface area contributed by atoms with Gasteiger partial charge in [-0.15, -0.1) is 0 Å². The molecule has 4 aromatic rings. The molecule has 0 bridgehead atoms. The number of aromatic nitrogens is 2. The number of hydrogen-bond donors (Lipinski definition) is 2. The van der Waals surface area contributed by atoms with Crippen LogP contribution in [0.5, 0.6) is 5.88 Å². The van der Waals surface area contributed by atoms with Gasteiger partial charge in [-0.2, -0.15) is 0 Å². The molecule has 1 heterocycles. The Bertz CT molecular complexity index is 1200. The Morgan fingerprint density at radius 2 is 1.48 bits per heavy atom. The van der Waals surface area contributed by atoms with Crippen molar-refractivity contribution < 1.29 is 9.32 Å². The lowest BCUT2D eigenvalue weighted by Crippen LogP contribution is -2.11. The van der Waals surface area contributed by atoms with Crippen LogP contribution in [0.4, 0.5) is 0 Å². The number of nitrogens with zero attached hydrogens (tertiary/aromatic N) is 1. The third kappa shape index (κ3) is 3.93. The summed E-state index contributed by atoms with van der Waals surface area (Å²) in [5, 5.41) is 13.2. The minimum atomic E-state index is -1.32. The molecular weight excluding hydrogens is 384 g/mol. The lowest BCUT2D eigenvalue weighted by molar-refractivity contribution is 0.428. The monoisotopic (exact) mass is 404 g/mol. The molecule has 0 amide bonds. The normalized spacial score (nSPS) is 12.0. The van der Waals surface area contributed by atoms with Crippen molar-refractivity contribution in [1.29, 1.82) is 0 Å². The number of hydrogen-bond acceptors (Lipinski definition) is 3. The smallest absolute Gasteiger partial charge is 0.271 e. The number of rotatable bonds is 6. The summed E-state index contributed by atoms with van der Waals surface area (Å²) in [5.74, 6) is 0.0915. The Kier molecular flexibility index (Phi) is 5.44. The number of nitrogens with one attached hydrogen (secondary N) is 1. The minimum absolute atomic E-state index is 0.144. The quantitative estimate of drug-likeness (QED) is 0.512. The molecule has 0 saturated heterocycles. The van der Waals surface area contributed by atoms with Crippen LogP contribution in [-0.4, -0.2) is 24.8 Å². The van der Waals surface area contributed by atoms with E-state index in [4.69, 9.17) is 0 Å². The molecule has 3 aromatic carbocycles. The van der Waals surface area contributed by atoms with Crippen LogP contribution in [0, 0.1) is 0 Å². The number of para-hydroxylation sites is 1. The van der Waals surface area contributed by atoms with Gasteiger partial charge >= 0.3 is 0 Å². The van der Waals surface area contributed by atoms with Gasteiger partial charge in [-0.3, -0.25) is 14.1 Å². The molecule has 2 N–H and O–H groups in total. The van der Waals surface area contributed by atoms with Crippen LogP contribution in [-0.2, 0) is 17.2 Å². The average Bonchev–Trinajstić information content (AvgIpc) is 3.06. The predicted molar refractivity (Wildman–Crippen MR) is 115 cm³/mol. The molecule has 0 aliphatic heterocycles. The predicted octanol–water partition coefficient (Wildman–Crippen LogP) is 3.89. The molecule has 0 aliphatic rings. The van der Waals surface area contributed by atoms with Crippen LogP contribution in [0.1, 0.15) is 5.56 Å². The van der Waals surface area contributed by atoms with Gasteiger partial charge < -0.3 is 5.11 Å². The number of aromatic hydroxyl groups is 1. The molecule has 0 fully saturated rings. The van der Waals surface area contributed by atoms with Crippen LogP contribution in [0.25, 0.3) is 16.8 Å². The zero-order chi connectivity index (χ0) is 20.2. The van der Waals surface area contributed by atoms with Gasteiger partial charge in [0.2, 0.25) is 5.88 Å². The van der Waals surface area contributed by atoms with Gasteiger partial charge in [0.1, 0.15) is 0 Å². The van der Waals surface area contributed by atoms with E-state index in [-0.39, 0.29) is 29.2 Å². The summed E-state index contributed by atoms with van der Waals surface area (Å²) in [6.45, 7) is 0. The summed E-state index contributed by atoms with van der Waals surface area (Å²) in [4.78, 5) is 13.1. The highest BCUT2D eigenvalue weighted by Gasteiger charge is 2.17. The van der Waals surface area contributed by atoms with Crippen molar-refractivity contribution in [1.82, 2.24) is 9.78 Å². The summed E-state index contributed by atoms with van der Waals surface area (Å²) in [6.07, 6.45) is 0.205. The fourth-order valence-corrected chi connectivity index (χ4v) is 4.54. The van der Waals surface area contributed by atoms with Gasteiger partial charge in [0.05, 0.1) is 22.1 Å². The van der Waals surface area contributed by atoms with Gasteiger partial charge in [0.25, 0.3) is 5.56 Å². The molecular formula is C23H20N2O3S. The van der Waals surface area contributed by atoms with Crippen LogP contribution in [0.15, 0.2) is 94.6 Å². The van der Waals surface area contributed by atoms with Crippen molar-refractivity contribution in [3.05, 3.63) is 101 Å². The summed E-state index contributed by atoms with van der Waals surface area (Å²) in [5.41, 5.74) is 2.42. The molecule has 146 valence electrons. The van der Waals surface area contributed by atoms with Crippen LogP contribution >= 0.6 is 0 Å². The number of benzene rings is 3. The average molecular weight is 404 g/mol. The molecule has 1 aromatic heterocycles. The number of H-pyrrole nitrogens is 1. The lowest BCUT2D eigenvalue weighted by Gasteiger charge is -2.09. The van der Waals surface area contributed by atoms with E-state index in [1.54, 1.807) is 12.1 Å². The topological polar surface area (TPSA) is 75.1 Å². The fraction of sp³-hybridized carbons (Fsp3) is 0.0870. The first-order chi connectivity index (χ1) is 14.1. The maximum absolute atomic E-state index is 13.0. The highest BCUT2D eigenvalue weighted by Crippen LogP contribution is 2.27. The molecule has 5 nitrogen and oxygen atoms in total. The van der Waals surface area contributed by atoms with Crippen molar-refractivity contribution >= 4 is 10.8 Å². The SMILES string of the molecule is O=c1[nH]n(-c2ccccc2)c(O)c1CCS(=O)c1ccccc1-c1ccccc1. The van der Waals surface area contributed by atoms with Gasteiger partial charge in [0.15, 0.2) is 0 Å². The van der Waals surface area contributed by atoms with E-state index in [9.17, 15) is 14.1 Å². The van der Waals surface area contributed by atoms with Gasteiger partial charge in [-0.25, -0.2) is 4.68 Å². The third-order valence-corrected chi connectivity index (χ3v) is 6.16. The summed E-state index contributed by atoms with van der Waals surface area (Å²) in [6, 6.07) is 26.4. The lowest BCUT2D eigenvalue weighted by atomic mass is 10.1. The van der Waals surface area contributed by atoms with E-state index in [0.717, 1.165) is 16.0 Å². The summed E-state index contributed by atoms with van der Waals surface area (Å²) < 4.78 is 14.4. The van der Waals surface area contributed by atoms with Crippen molar-refractivity contribution in [2.75, 3.05) is 5.75 Å². The first-order valence-corrected chi connectivity index (χ1v) is 10.6. The van der Waals surface area contributed by atoms with Crippen molar-refractivity contribution in [3.8, 4) is 22.7 Å². The Balaban J connectivity index is 1.58. The Morgan fingerprint density at radius 1 is 0.862 bits per heavy atom. The molecule has 4 rings (SSSR count). The largest absolute Gasteiger partial charge is 0.493 e. The van der Waals surface area contributed by atoms with E-state index >= 15 is 0 Å². The van der Waals surface area contributed by atoms with Crippen LogP contribution in [0.3, 0.4) is 0 Å². The van der Waals surface area contributed by atoms with E-state index in [1.165, 1.54) is 4.68 Å². The molecule has 1 unspecified atom stereocenters. The Morgan fingerprint density at radius 3 is 2.21 bits per heavy atom. The van der Waals surface area contributed by atoms with E-state index in [0.29, 0.717) is 5.69 Å². The van der Waals surface area contributed by atoms with Crippen molar-refractivity contribution in [2.24, 2.45) is 0 Å². The standard InChI is InChI=1S/C23H20N2O3S/c26-22-20(23(27)25(24-22)18-11-5-2-6-12-18)15-16-29(28)21-14-8-7-13-19(21)17-9-3-1-4-10-17/h1-14,27H,15-16H2,(H,24,26).